The van der Waals surface area contributed by atoms with Crippen LogP contribution < -0.4 is 5.32 Å². The van der Waals surface area contributed by atoms with E-state index in [1.165, 1.54) is 0 Å². The second kappa shape index (κ2) is 5.23. The van der Waals surface area contributed by atoms with Gasteiger partial charge in [0.05, 0.1) is 0 Å². The smallest absolute Gasteiger partial charge is 0.404 e. The lowest BCUT2D eigenvalue weighted by molar-refractivity contribution is 0.194. The summed E-state index contributed by atoms with van der Waals surface area (Å²) < 4.78 is 0. The monoisotopic (exact) mass is 243 g/mol. The number of hydrogen-bond acceptors (Lipinski definition) is 2. The molecule has 0 aliphatic rings. The fourth-order valence-corrected chi connectivity index (χ4v) is 1.81. The molecular formula is C14H13NO3. The number of para-hydroxylation sites is 1. The van der Waals surface area contributed by atoms with E-state index in [2.05, 4.69) is 5.32 Å². The maximum absolute atomic E-state index is 10.5. The number of carbonyl (C=O) groups is 1. The lowest BCUT2D eigenvalue weighted by atomic mass is 9.99. The Bertz CT molecular complexity index is 566. The number of aromatic hydroxyl groups is 1. The first-order chi connectivity index (χ1) is 8.68. The van der Waals surface area contributed by atoms with Gasteiger partial charge in [0, 0.05) is 12.1 Å². The molecule has 0 radical (unpaired) electrons. The van der Waals surface area contributed by atoms with Gasteiger partial charge in [0.15, 0.2) is 0 Å². The number of rotatable bonds is 3. The number of phenols is 1. The Morgan fingerprint density at radius 1 is 1.00 bits per heavy atom. The predicted molar refractivity (Wildman–Crippen MR) is 68.4 cm³/mol. The van der Waals surface area contributed by atoms with Gasteiger partial charge >= 0.3 is 6.09 Å². The summed E-state index contributed by atoms with van der Waals surface area (Å²) >= 11 is 0. The number of hydrogen-bond donors (Lipinski definition) is 3. The molecular weight excluding hydrogens is 230 g/mol. The van der Waals surface area contributed by atoms with E-state index in [4.69, 9.17) is 5.11 Å². The first kappa shape index (κ1) is 12.0. The van der Waals surface area contributed by atoms with Crippen molar-refractivity contribution in [3.8, 4) is 16.9 Å². The van der Waals surface area contributed by atoms with Crippen molar-refractivity contribution in [2.45, 2.75) is 6.54 Å². The topological polar surface area (TPSA) is 69.6 Å². The summed E-state index contributed by atoms with van der Waals surface area (Å²) in [6.07, 6.45) is -1.07. The molecule has 0 unspecified atom stereocenters. The molecule has 0 fully saturated rings. The van der Waals surface area contributed by atoms with Crippen LogP contribution in [0.4, 0.5) is 4.79 Å². The highest BCUT2D eigenvalue weighted by atomic mass is 16.4. The van der Waals surface area contributed by atoms with Crippen LogP contribution in [-0.4, -0.2) is 16.3 Å². The fraction of sp³-hybridized carbons (Fsp3) is 0.0714. The summed E-state index contributed by atoms with van der Waals surface area (Å²) in [5.41, 5.74) is 2.34. The third-order valence-corrected chi connectivity index (χ3v) is 2.64. The molecule has 4 nitrogen and oxygen atoms in total. The molecule has 0 spiro atoms. The lowest BCUT2D eigenvalue weighted by Crippen LogP contribution is -2.20. The van der Waals surface area contributed by atoms with Crippen molar-refractivity contribution in [1.82, 2.24) is 5.32 Å². The zero-order valence-electron chi connectivity index (χ0n) is 9.63. The van der Waals surface area contributed by atoms with Crippen LogP contribution in [0.1, 0.15) is 5.56 Å². The summed E-state index contributed by atoms with van der Waals surface area (Å²) in [4.78, 5) is 10.5. The lowest BCUT2D eigenvalue weighted by Gasteiger charge is -2.10. The van der Waals surface area contributed by atoms with Crippen molar-refractivity contribution in [2.75, 3.05) is 0 Å². The van der Waals surface area contributed by atoms with E-state index in [0.717, 1.165) is 11.1 Å². The van der Waals surface area contributed by atoms with Crippen molar-refractivity contribution < 1.29 is 15.0 Å². The van der Waals surface area contributed by atoms with Gasteiger partial charge in [-0.15, -0.1) is 0 Å². The van der Waals surface area contributed by atoms with Crippen LogP contribution in [0.3, 0.4) is 0 Å². The summed E-state index contributed by atoms with van der Waals surface area (Å²) in [6.45, 7) is 0.208. The molecule has 4 heteroatoms. The van der Waals surface area contributed by atoms with E-state index in [9.17, 15) is 9.90 Å². The van der Waals surface area contributed by atoms with E-state index in [-0.39, 0.29) is 12.3 Å². The predicted octanol–water partition coefficient (Wildman–Crippen LogP) is 2.83. The highest BCUT2D eigenvalue weighted by Crippen LogP contribution is 2.31. The first-order valence-corrected chi connectivity index (χ1v) is 5.51. The molecule has 3 N–H and O–H groups in total. The van der Waals surface area contributed by atoms with E-state index in [0.29, 0.717) is 5.56 Å². The summed E-state index contributed by atoms with van der Waals surface area (Å²) in [7, 11) is 0. The molecule has 0 saturated heterocycles. The Kier molecular flexibility index (Phi) is 3.48. The average Bonchev–Trinajstić information content (AvgIpc) is 2.37. The molecule has 0 saturated carbocycles. The molecule has 2 aromatic rings. The molecule has 2 rings (SSSR count). The van der Waals surface area contributed by atoms with Gasteiger partial charge in [-0.25, -0.2) is 4.79 Å². The Morgan fingerprint density at radius 2 is 1.61 bits per heavy atom. The van der Waals surface area contributed by atoms with Crippen molar-refractivity contribution >= 4 is 6.09 Å². The fourth-order valence-electron chi connectivity index (χ4n) is 1.81. The summed E-state index contributed by atoms with van der Waals surface area (Å²) in [5.74, 6) is 0.181. The van der Waals surface area contributed by atoms with Crippen molar-refractivity contribution in [3.63, 3.8) is 0 Å². The Labute approximate surface area is 105 Å². The number of benzene rings is 2. The van der Waals surface area contributed by atoms with Gasteiger partial charge in [-0.2, -0.15) is 0 Å². The minimum atomic E-state index is -1.07. The summed E-state index contributed by atoms with van der Waals surface area (Å²) in [6, 6.07) is 14.4. The molecule has 0 atom stereocenters. The van der Waals surface area contributed by atoms with Crippen LogP contribution in [0.5, 0.6) is 5.75 Å². The van der Waals surface area contributed by atoms with E-state index < -0.39 is 6.09 Å². The number of amides is 1. The van der Waals surface area contributed by atoms with Gasteiger partial charge in [-0.3, -0.25) is 0 Å². The first-order valence-electron chi connectivity index (χ1n) is 5.51. The van der Waals surface area contributed by atoms with Crippen molar-refractivity contribution in [2.24, 2.45) is 0 Å². The van der Waals surface area contributed by atoms with E-state index >= 15 is 0 Å². The van der Waals surface area contributed by atoms with E-state index in [1.54, 1.807) is 18.2 Å². The Balaban J connectivity index is 2.39. The van der Waals surface area contributed by atoms with Crippen LogP contribution in [0.2, 0.25) is 0 Å². The standard InChI is InChI=1S/C14H13NO3/c16-13-8-4-3-7-12(13)11-6-2-1-5-10(11)9-15-14(17)18/h1-8,15-16H,9H2,(H,17,18). The van der Waals surface area contributed by atoms with E-state index in [1.807, 2.05) is 30.3 Å². The minimum absolute atomic E-state index is 0.181. The van der Waals surface area contributed by atoms with Gasteiger partial charge in [0.1, 0.15) is 5.75 Å². The molecule has 0 aromatic heterocycles. The van der Waals surface area contributed by atoms with Crippen LogP contribution >= 0.6 is 0 Å². The van der Waals surface area contributed by atoms with Gasteiger partial charge in [-0.05, 0) is 17.2 Å². The molecule has 0 bridgehead atoms. The minimum Gasteiger partial charge on any atom is -0.507 e. The molecule has 92 valence electrons. The number of carboxylic acid groups (broad SMARTS) is 1. The molecule has 0 aliphatic carbocycles. The van der Waals surface area contributed by atoms with Gasteiger partial charge in [0.25, 0.3) is 0 Å². The second-order valence-corrected chi connectivity index (χ2v) is 3.83. The van der Waals surface area contributed by atoms with Gasteiger partial charge < -0.3 is 15.5 Å². The molecule has 18 heavy (non-hydrogen) atoms. The summed E-state index contributed by atoms with van der Waals surface area (Å²) in [5, 5.41) is 20.8. The van der Waals surface area contributed by atoms with Gasteiger partial charge in [-0.1, -0.05) is 42.5 Å². The largest absolute Gasteiger partial charge is 0.507 e. The van der Waals surface area contributed by atoms with Crippen molar-refractivity contribution in [1.29, 1.82) is 0 Å². The molecule has 0 aliphatic heterocycles. The second-order valence-electron chi connectivity index (χ2n) is 3.83. The highest BCUT2D eigenvalue weighted by molar-refractivity contribution is 5.73. The van der Waals surface area contributed by atoms with Crippen LogP contribution in [0.25, 0.3) is 11.1 Å². The maximum Gasteiger partial charge on any atom is 0.404 e. The quantitative estimate of drug-likeness (QED) is 0.776. The number of phenolic OH excluding ortho intramolecular Hbond substituents is 1. The normalized spacial score (nSPS) is 10.0. The maximum atomic E-state index is 10.5. The molecule has 1 amide bonds. The van der Waals surface area contributed by atoms with Crippen LogP contribution in [0.15, 0.2) is 48.5 Å². The highest BCUT2D eigenvalue weighted by Gasteiger charge is 2.08. The van der Waals surface area contributed by atoms with Crippen LogP contribution in [0, 0.1) is 0 Å². The number of nitrogens with one attached hydrogen (secondary N) is 1. The molecule has 2 aromatic carbocycles. The third-order valence-electron chi connectivity index (χ3n) is 2.64. The van der Waals surface area contributed by atoms with Crippen molar-refractivity contribution in [3.05, 3.63) is 54.1 Å². The third kappa shape index (κ3) is 2.60. The zero-order valence-corrected chi connectivity index (χ0v) is 9.63. The Hall–Kier alpha value is -2.49. The van der Waals surface area contributed by atoms with Gasteiger partial charge in [0.2, 0.25) is 0 Å². The average molecular weight is 243 g/mol. The SMILES string of the molecule is O=C(O)NCc1ccccc1-c1ccccc1O. The Morgan fingerprint density at radius 3 is 2.28 bits per heavy atom. The zero-order chi connectivity index (χ0) is 13.0. The van der Waals surface area contributed by atoms with Crippen LogP contribution in [-0.2, 0) is 6.54 Å². The molecule has 0 heterocycles.